The third kappa shape index (κ3) is 2.28. The number of nitrogen functional groups attached to an aromatic ring is 1. The zero-order chi connectivity index (χ0) is 14.1. The van der Waals surface area contributed by atoms with Crippen molar-refractivity contribution < 1.29 is 9.59 Å². The molecule has 2 aromatic carbocycles. The summed E-state index contributed by atoms with van der Waals surface area (Å²) < 4.78 is 0. The summed E-state index contributed by atoms with van der Waals surface area (Å²) in [6.07, 6.45) is 0.0136. The third-order valence-corrected chi connectivity index (χ3v) is 3.41. The van der Waals surface area contributed by atoms with Crippen LogP contribution in [0, 0.1) is 0 Å². The molecule has 0 aliphatic carbocycles. The topological polar surface area (TPSA) is 63.4 Å². The molecule has 100 valence electrons. The van der Waals surface area contributed by atoms with Crippen molar-refractivity contribution in [3.05, 3.63) is 48.5 Å². The molecular formula is C16H14N2O2. The second-order valence-corrected chi connectivity index (χ2v) is 4.86. The number of anilines is 2. The molecule has 0 spiro atoms. The Morgan fingerprint density at radius 1 is 0.850 bits per heavy atom. The summed E-state index contributed by atoms with van der Waals surface area (Å²) in [4.78, 5) is 24.5. The minimum Gasteiger partial charge on any atom is -0.399 e. The average Bonchev–Trinajstić information content (AvgIpc) is 2.79. The Hall–Kier alpha value is -2.62. The van der Waals surface area contributed by atoms with Gasteiger partial charge in [-0.2, -0.15) is 0 Å². The zero-order valence-corrected chi connectivity index (χ0v) is 10.9. The molecular weight excluding hydrogens is 252 g/mol. The average molecular weight is 266 g/mol. The van der Waals surface area contributed by atoms with Crippen molar-refractivity contribution in [2.24, 2.45) is 0 Å². The van der Waals surface area contributed by atoms with Gasteiger partial charge in [0.05, 0.1) is 13.0 Å². The first-order chi connectivity index (χ1) is 9.63. The van der Waals surface area contributed by atoms with Crippen LogP contribution in [0.5, 0.6) is 0 Å². The fraction of sp³-hybridized carbons (Fsp3) is 0.125. The molecule has 3 rings (SSSR count). The number of nitrogens with two attached hydrogens (primary N) is 1. The summed E-state index contributed by atoms with van der Waals surface area (Å²) >= 11 is 0. The summed E-state index contributed by atoms with van der Waals surface area (Å²) in [6, 6.07) is 15.2. The molecule has 1 heterocycles. The van der Waals surface area contributed by atoms with Crippen LogP contribution in [-0.2, 0) is 9.59 Å². The molecule has 1 saturated heterocycles. The Balaban J connectivity index is 1.86. The molecule has 2 aromatic rings. The molecule has 4 nitrogen and oxygen atoms in total. The largest absolute Gasteiger partial charge is 0.399 e. The predicted octanol–water partition coefficient (Wildman–Crippen LogP) is 2.24. The van der Waals surface area contributed by atoms with Gasteiger partial charge in [0, 0.05) is 11.4 Å². The molecule has 0 radical (unpaired) electrons. The van der Waals surface area contributed by atoms with Crippen LogP contribution in [0.4, 0.5) is 11.4 Å². The van der Waals surface area contributed by atoms with Crippen molar-refractivity contribution in [3.63, 3.8) is 0 Å². The highest BCUT2D eigenvalue weighted by Crippen LogP contribution is 2.25. The van der Waals surface area contributed by atoms with E-state index in [1.165, 1.54) is 4.90 Å². The molecule has 0 atom stereocenters. The fourth-order valence-electron chi connectivity index (χ4n) is 2.33. The van der Waals surface area contributed by atoms with Gasteiger partial charge in [-0.25, -0.2) is 0 Å². The first-order valence-electron chi connectivity index (χ1n) is 6.41. The maximum absolute atomic E-state index is 11.7. The highest BCUT2D eigenvalue weighted by molar-refractivity contribution is 6.15. The molecule has 1 aliphatic heterocycles. The van der Waals surface area contributed by atoms with Crippen molar-refractivity contribution in [2.45, 2.75) is 6.42 Å². The Morgan fingerprint density at radius 2 is 1.40 bits per heavy atom. The van der Waals surface area contributed by atoms with E-state index in [0.717, 1.165) is 22.5 Å². The molecule has 2 N–H and O–H groups in total. The van der Waals surface area contributed by atoms with Crippen LogP contribution in [0.3, 0.4) is 0 Å². The number of carbonyl (C=O) groups excluding carboxylic acids is 2. The zero-order valence-electron chi connectivity index (χ0n) is 10.9. The van der Waals surface area contributed by atoms with Gasteiger partial charge in [0.25, 0.3) is 0 Å². The van der Waals surface area contributed by atoms with Crippen molar-refractivity contribution in [2.75, 3.05) is 17.2 Å². The Labute approximate surface area is 116 Å². The van der Waals surface area contributed by atoms with Gasteiger partial charge in [-0.15, -0.1) is 0 Å². The monoisotopic (exact) mass is 266 g/mol. The van der Waals surface area contributed by atoms with E-state index < -0.39 is 0 Å². The van der Waals surface area contributed by atoms with Crippen LogP contribution >= 0.6 is 0 Å². The highest BCUT2D eigenvalue weighted by atomic mass is 16.2. The van der Waals surface area contributed by atoms with Gasteiger partial charge in [0.15, 0.2) is 5.78 Å². The van der Waals surface area contributed by atoms with Crippen LogP contribution in [0.15, 0.2) is 48.5 Å². The Kier molecular flexibility index (Phi) is 2.99. The van der Waals surface area contributed by atoms with E-state index in [0.29, 0.717) is 0 Å². The summed E-state index contributed by atoms with van der Waals surface area (Å²) in [5.41, 5.74) is 9.27. The van der Waals surface area contributed by atoms with Crippen molar-refractivity contribution >= 4 is 23.1 Å². The van der Waals surface area contributed by atoms with Gasteiger partial charge in [-0.05, 0) is 35.4 Å². The van der Waals surface area contributed by atoms with Crippen LogP contribution < -0.4 is 10.6 Å². The maximum Gasteiger partial charge on any atom is 0.234 e. The van der Waals surface area contributed by atoms with Gasteiger partial charge >= 0.3 is 0 Å². The van der Waals surface area contributed by atoms with Crippen molar-refractivity contribution in [1.29, 1.82) is 0 Å². The molecule has 0 unspecified atom stereocenters. The number of ketones is 1. The Bertz CT molecular complexity index is 660. The van der Waals surface area contributed by atoms with Crippen LogP contribution in [0.25, 0.3) is 11.1 Å². The normalized spacial score (nSPS) is 14.9. The molecule has 0 bridgehead atoms. The van der Waals surface area contributed by atoms with E-state index in [2.05, 4.69) is 0 Å². The second-order valence-electron chi connectivity index (χ2n) is 4.86. The van der Waals surface area contributed by atoms with Gasteiger partial charge in [-0.1, -0.05) is 24.3 Å². The number of benzene rings is 2. The minimum absolute atomic E-state index is 0.0136. The summed E-state index contributed by atoms with van der Waals surface area (Å²) in [6.45, 7) is 0.181. The number of hydrogen-bond acceptors (Lipinski definition) is 3. The number of nitrogens with zero attached hydrogens (tertiary/aromatic N) is 1. The summed E-state index contributed by atoms with van der Waals surface area (Å²) in [5, 5.41) is 0. The van der Waals surface area contributed by atoms with Gasteiger partial charge in [0.1, 0.15) is 0 Å². The number of Topliss-reactive ketones (excluding diaryl/α,β-unsaturated/α-hetero) is 1. The smallest absolute Gasteiger partial charge is 0.234 e. The maximum atomic E-state index is 11.7. The lowest BCUT2D eigenvalue weighted by molar-refractivity contribution is -0.121. The van der Waals surface area contributed by atoms with Crippen molar-refractivity contribution in [1.82, 2.24) is 0 Å². The highest BCUT2D eigenvalue weighted by Gasteiger charge is 2.28. The number of carbonyl (C=O) groups is 2. The molecule has 4 heteroatoms. The van der Waals surface area contributed by atoms with E-state index in [9.17, 15) is 9.59 Å². The number of rotatable bonds is 2. The molecule has 20 heavy (non-hydrogen) atoms. The van der Waals surface area contributed by atoms with E-state index in [4.69, 9.17) is 5.73 Å². The predicted molar refractivity (Wildman–Crippen MR) is 78.3 cm³/mol. The first kappa shape index (κ1) is 12.4. The summed E-state index contributed by atoms with van der Waals surface area (Å²) in [7, 11) is 0. The third-order valence-electron chi connectivity index (χ3n) is 3.41. The van der Waals surface area contributed by atoms with Gasteiger partial charge in [0.2, 0.25) is 5.91 Å². The lowest BCUT2D eigenvalue weighted by Crippen LogP contribution is -2.24. The van der Waals surface area contributed by atoms with E-state index in [-0.39, 0.29) is 24.7 Å². The van der Waals surface area contributed by atoms with Crippen molar-refractivity contribution in [3.8, 4) is 11.1 Å². The van der Waals surface area contributed by atoms with Gasteiger partial charge < -0.3 is 10.6 Å². The number of amides is 1. The first-order valence-corrected chi connectivity index (χ1v) is 6.41. The lowest BCUT2D eigenvalue weighted by Gasteiger charge is -2.15. The Morgan fingerprint density at radius 3 is 1.90 bits per heavy atom. The van der Waals surface area contributed by atoms with Crippen LogP contribution in [0.2, 0.25) is 0 Å². The van der Waals surface area contributed by atoms with Gasteiger partial charge in [-0.3, -0.25) is 9.59 Å². The quantitative estimate of drug-likeness (QED) is 0.669. The molecule has 0 aromatic heterocycles. The lowest BCUT2D eigenvalue weighted by atomic mass is 10.0. The molecule has 1 fully saturated rings. The molecule has 1 aliphatic rings. The van der Waals surface area contributed by atoms with E-state index >= 15 is 0 Å². The standard InChI is InChI=1S/C16H14N2O2/c17-13-5-1-11(2-6-13)12-3-7-14(8-4-12)18-10-15(19)9-16(18)20/h1-8H,9-10,17H2. The minimum atomic E-state index is -0.129. The van der Waals surface area contributed by atoms with E-state index in [1.807, 2.05) is 48.5 Å². The molecule has 1 amide bonds. The second kappa shape index (κ2) is 4.81. The van der Waals surface area contributed by atoms with Crippen LogP contribution in [0.1, 0.15) is 6.42 Å². The SMILES string of the molecule is Nc1ccc(-c2ccc(N3CC(=O)CC3=O)cc2)cc1. The van der Waals surface area contributed by atoms with E-state index in [1.54, 1.807) is 0 Å². The molecule has 0 saturated carbocycles. The summed E-state index contributed by atoms with van der Waals surface area (Å²) in [5.74, 6) is -0.159. The fourth-order valence-corrected chi connectivity index (χ4v) is 2.33. The van der Waals surface area contributed by atoms with Crippen LogP contribution in [-0.4, -0.2) is 18.2 Å². The number of hydrogen-bond donors (Lipinski definition) is 1.